The van der Waals surface area contributed by atoms with Gasteiger partial charge in [0.15, 0.2) is 0 Å². The van der Waals surface area contributed by atoms with Gasteiger partial charge in [-0.1, -0.05) is 13.8 Å². The van der Waals surface area contributed by atoms with E-state index in [0.29, 0.717) is 25.9 Å². The van der Waals surface area contributed by atoms with Gasteiger partial charge in [0, 0.05) is 19.5 Å². The number of hydrogen-bond acceptors (Lipinski definition) is 3. The molecule has 1 rings (SSSR count). The lowest BCUT2D eigenvalue weighted by molar-refractivity contribution is -0.155. The van der Waals surface area contributed by atoms with E-state index in [1.807, 2.05) is 0 Å². The van der Waals surface area contributed by atoms with Gasteiger partial charge in [-0.25, -0.2) is 0 Å². The highest BCUT2D eigenvalue weighted by Gasteiger charge is 2.38. The molecule has 0 spiro atoms. The molecule has 5 nitrogen and oxygen atoms in total. The third kappa shape index (κ3) is 3.22. The second-order valence-corrected chi connectivity index (χ2v) is 5.11. The number of carbonyl (C=O) groups is 2. The van der Waals surface area contributed by atoms with Crippen molar-refractivity contribution in [3.63, 3.8) is 0 Å². The fourth-order valence-electron chi connectivity index (χ4n) is 2.46. The molecule has 1 unspecified atom stereocenters. The van der Waals surface area contributed by atoms with Gasteiger partial charge in [0.05, 0.1) is 11.5 Å². The Morgan fingerprint density at radius 1 is 1.33 bits per heavy atom. The fourth-order valence-corrected chi connectivity index (χ4v) is 2.46. The molecule has 0 bridgehead atoms. The number of likely N-dealkylation sites (tertiary alicyclic amines) is 1. The smallest absolute Gasteiger partial charge is 0.310 e. The van der Waals surface area contributed by atoms with E-state index in [1.165, 1.54) is 0 Å². The van der Waals surface area contributed by atoms with Crippen molar-refractivity contribution in [2.45, 2.75) is 52.1 Å². The highest BCUT2D eigenvalue weighted by atomic mass is 16.4. The molecule has 1 aliphatic heterocycles. The first-order chi connectivity index (χ1) is 8.45. The summed E-state index contributed by atoms with van der Waals surface area (Å²) in [5.74, 6) is -1.06. The zero-order valence-corrected chi connectivity index (χ0v) is 11.2. The quantitative estimate of drug-likeness (QED) is 0.777. The summed E-state index contributed by atoms with van der Waals surface area (Å²) in [6.07, 6.45) is 1.95. The Labute approximate surface area is 108 Å². The topological polar surface area (TPSA) is 77.8 Å². The molecule has 1 fully saturated rings. The zero-order valence-electron chi connectivity index (χ0n) is 11.2. The van der Waals surface area contributed by atoms with E-state index in [1.54, 1.807) is 18.7 Å². The summed E-state index contributed by atoms with van der Waals surface area (Å²) >= 11 is 0. The number of aliphatic hydroxyl groups excluding tert-OH is 1. The van der Waals surface area contributed by atoms with E-state index in [4.69, 9.17) is 0 Å². The number of amides is 1. The summed E-state index contributed by atoms with van der Waals surface area (Å²) in [4.78, 5) is 25.1. The molecule has 5 heteroatoms. The van der Waals surface area contributed by atoms with E-state index in [9.17, 15) is 19.8 Å². The summed E-state index contributed by atoms with van der Waals surface area (Å²) in [6.45, 7) is 4.56. The van der Waals surface area contributed by atoms with Gasteiger partial charge < -0.3 is 15.1 Å². The minimum atomic E-state index is -0.959. The molecular formula is C13H23NO4. The maximum absolute atomic E-state index is 12.1. The summed E-state index contributed by atoms with van der Waals surface area (Å²) in [5.41, 5.74) is -0.959. The van der Waals surface area contributed by atoms with Crippen LogP contribution >= 0.6 is 0 Å². The number of carbonyl (C=O) groups excluding carboxylic acids is 1. The first-order valence-electron chi connectivity index (χ1n) is 6.64. The molecule has 1 aliphatic rings. The molecule has 0 saturated carbocycles. The second kappa shape index (κ2) is 6.18. The van der Waals surface area contributed by atoms with Crippen molar-refractivity contribution < 1.29 is 19.8 Å². The average Bonchev–Trinajstić information content (AvgIpc) is 2.35. The van der Waals surface area contributed by atoms with Crippen LogP contribution in [0.4, 0.5) is 0 Å². The number of carboxylic acid groups (broad SMARTS) is 1. The first kappa shape index (κ1) is 15.0. The number of β-amino-alcohol motifs (C(OH)–C–C–N with tert-alkyl or cyclic N) is 1. The predicted octanol–water partition coefficient (Wildman–Crippen LogP) is 1.25. The molecule has 104 valence electrons. The number of aliphatic hydroxyl groups is 1. The Morgan fingerprint density at radius 2 is 1.94 bits per heavy atom. The number of hydrogen-bond donors (Lipinski definition) is 2. The normalized spacial score (nSPS) is 20.8. The van der Waals surface area contributed by atoms with Crippen LogP contribution < -0.4 is 0 Å². The largest absolute Gasteiger partial charge is 0.481 e. The third-order valence-electron chi connectivity index (χ3n) is 4.05. The van der Waals surface area contributed by atoms with Crippen molar-refractivity contribution in [2.75, 3.05) is 13.1 Å². The van der Waals surface area contributed by atoms with Gasteiger partial charge in [0.25, 0.3) is 0 Å². The molecule has 1 atom stereocenters. The Balaban J connectivity index is 2.69. The van der Waals surface area contributed by atoms with E-state index in [2.05, 4.69) is 0 Å². The van der Waals surface area contributed by atoms with Crippen molar-refractivity contribution >= 4 is 11.9 Å². The van der Waals surface area contributed by atoms with Crippen LogP contribution in [-0.4, -0.2) is 46.2 Å². The molecule has 0 radical (unpaired) electrons. The SMILES string of the molecule is CCC(CC)(CC(=O)N1CCCC(O)C1)C(=O)O. The van der Waals surface area contributed by atoms with Crippen LogP contribution in [0, 0.1) is 5.41 Å². The van der Waals surface area contributed by atoms with Gasteiger partial charge in [-0.3, -0.25) is 9.59 Å². The number of rotatable bonds is 5. The Hall–Kier alpha value is -1.10. The number of piperidine rings is 1. The van der Waals surface area contributed by atoms with Gasteiger partial charge in [-0.15, -0.1) is 0 Å². The summed E-state index contributed by atoms with van der Waals surface area (Å²) < 4.78 is 0. The Morgan fingerprint density at radius 3 is 2.39 bits per heavy atom. The Kier molecular flexibility index (Phi) is 5.14. The number of carboxylic acids is 1. The minimum Gasteiger partial charge on any atom is -0.481 e. The monoisotopic (exact) mass is 257 g/mol. The summed E-state index contributed by atoms with van der Waals surface area (Å²) in [6, 6.07) is 0. The van der Waals surface area contributed by atoms with Gasteiger partial charge >= 0.3 is 5.97 Å². The lowest BCUT2D eigenvalue weighted by Crippen LogP contribution is -2.45. The molecule has 0 aromatic heterocycles. The molecule has 0 aliphatic carbocycles. The molecule has 0 aromatic rings. The molecule has 1 saturated heterocycles. The van der Waals surface area contributed by atoms with E-state index >= 15 is 0 Å². The highest BCUT2D eigenvalue weighted by Crippen LogP contribution is 2.32. The number of nitrogens with zero attached hydrogens (tertiary/aromatic N) is 1. The van der Waals surface area contributed by atoms with Gasteiger partial charge in [-0.2, -0.15) is 0 Å². The lowest BCUT2D eigenvalue weighted by Gasteiger charge is -2.33. The van der Waals surface area contributed by atoms with Gasteiger partial charge in [0.1, 0.15) is 0 Å². The van der Waals surface area contributed by atoms with Crippen LogP contribution in [0.1, 0.15) is 46.0 Å². The van der Waals surface area contributed by atoms with Crippen LogP contribution in [0.25, 0.3) is 0 Å². The van der Waals surface area contributed by atoms with E-state index in [0.717, 1.165) is 12.8 Å². The second-order valence-electron chi connectivity index (χ2n) is 5.11. The van der Waals surface area contributed by atoms with Crippen LogP contribution in [0.15, 0.2) is 0 Å². The predicted molar refractivity (Wildman–Crippen MR) is 67.1 cm³/mol. The van der Waals surface area contributed by atoms with Crippen molar-refractivity contribution in [2.24, 2.45) is 5.41 Å². The minimum absolute atomic E-state index is 0.0298. The summed E-state index contributed by atoms with van der Waals surface area (Å²) in [5, 5.41) is 18.8. The average molecular weight is 257 g/mol. The van der Waals surface area contributed by atoms with Crippen LogP contribution in [-0.2, 0) is 9.59 Å². The van der Waals surface area contributed by atoms with Crippen molar-refractivity contribution in [3.8, 4) is 0 Å². The zero-order chi connectivity index (χ0) is 13.8. The number of aliphatic carboxylic acids is 1. The lowest BCUT2D eigenvalue weighted by atomic mass is 9.79. The van der Waals surface area contributed by atoms with Crippen LogP contribution in [0.3, 0.4) is 0 Å². The molecular weight excluding hydrogens is 234 g/mol. The Bertz CT molecular complexity index is 312. The highest BCUT2D eigenvalue weighted by molar-refractivity contribution is 5.85. The van der Waals surface area contributed by atoms with Crippen LogP contribution in [0.2, 0.25) is 0 Å². The maximum Gasteiger partial charge on any atom is 0.310 e. The van der Waals surface area contributed by atoms with Crippen molar-refractivity contribution in [3.05, 3.63) is 0 Å². The standard InChI is InChI=1S/C13H23NO4/c1-3-13(4-2,12(17)18)8-11(16)14-7-5-6-10(15)9-14/h10,15H,3-9H2,1-2H3,(H,17,18). The van der Waals surface area contributed by atoms with E-state index in [-0.39, 0.29) is 12.3 Å². The van der Waals surface area contributed by atoms with Gasteiger partial charge in [0.2, 0.25) is 5.91 Å². The maximum atomic E-state index is 12.1. The molecule has 2 N–H and O–H groups in total. The van der Waals surface area contributed by atoms with Crippen molar-refractivity contribution in [1.82, 2.24) is 4.90 Å². The van der Waals surface area contributed by atoms with E-state index < -0.39 is 17.5 Å². The summed E-state index contributed by atoms with van der Waals surface area (Å²) in [7, 11) is 0. The molecule has 1 amide bonds. The fraction of sp³-hybridized carbons (Fsp3) is 0.846. The first-order valence-corrected chi connectivity index (χ1v) is 6.64. The van der Waals surface area contributed by atoms with Crippen LogP contribution in [0.5, 0.6) is 0 Å². The van der Waals surface area contributed by atoms with Crippen molar-refractivity contribution in [1.29, 1.82) is 0 Å². The third-order valence-corrected chi connectivity index (χ3v) is 4.05. The molecule has 18 heavy (non-hydrogen) atoms. The van der Waals surface area contributed by atoms with Gasteiger partial charge in [-0.05, 0) is 25.7 Å². The molecule has 0 aromatic carbocycles. The molecule has 1 heterocycles.